The summed E-state index contributed by atoms with van der Waals surface area (Å²) < 4.78 is 80.3. The smallest absolute Gasteiger partial charge is 0.349 e. The van der Waals surface area contributed by atoms with Gasteiger partial charge in [-0.1, -0.05) is 30.3 Å². The van der Waals surface area contributed by atoms with Crippen molar-refractivity contribution < 1.29 is 31.1 Å². The molecule has 2 aromatic carbocycles. The predicted molar refractivity (Wildman–Crippen MR) is 132 cm³/mol. The summed E-state index contributed by atoms with van der Waals surface area (Å²) in [5.74, 6) is -0.376. The molecule has 1 unspecified atom stereocenters. The van der Waals surface area contributed by atoms with E-state index in [0.29, 0.717) is 31.0 Å². The second kappa shape index (κ2) is 10.9. The molecule has 2 aromatic rings. The predicted octanol–water partition coefficient (Wildman–Crippen LogP) is 6.03. The van der Waals surface area contributed by atoms with Crippen LogP contribution in [-0.4, -0.2) is 55.0 Å². The first-order valence-electron chi connectivity index (χ1n) is 12.9. The highest BCUT2D eigenvalue weighted by Crippen LogP contribution is 2.42. The summed E-state index contributed by atoms with van der Waals surface area (Å²) in [5, 5.41) is 2.77. The number of piperazine rings is 1. The van der Waals surface area contributed by atoms with Crippen molar-refractivity contribution in [1.29, 1.82) is 0 Å². The molecule has 4 rings (SSSR count). The first kappa shape index (κ1) is 28.4. The van der Waals surface area contributed by atoms with Crippen molar-refractivity contribution in [3.05, 3.63) is 70.8 Å². The van der Waals surface area contributed by atoms with Gasteiger partial charge in [-0.3, -0.25) is 9.69 Å². The zero-order valence-electron chi connectivity index (χ0n) is 21.5. The molecule has 1 N–H and O–H groups in total. The molecule has 0 spiro atoms. The fraction of sp³-hybridized carbons (Fsp3) is 0.536. The highest BCUT2D eigenvalue weighted by Gasteiger charge is 2.45. The summed E-state index contributed by atoms with van der Waals surface area (Å²) in [6.07, 6.45) is -7.25. The number of nitrogens with zero attached hydrogens (tertiary/aromatic N) is 2. The van der Waals surface area contributed by atoms with Crippen LogP contribution in [0.4, 0.5) is 26.3 Å². The molecule has 0 radical (unpaired) electrons. The summed E-state index contributed by atoms with van der Waals surface area (Å²) in [5.41, 5.74) is -3.13. The Hall–Kier alpha value is -2.59. The Bertz CT molecular complexity index is 1070. The van der Waals surface area contributed by atoms with E-state index in [-0.39, 0.29) is 17.5 Å². The Balaban J connectivity index is 1.58. The zero-order chi connectivity index (χ0) is 27.7. The van der Waals surface area contributed by atoms with Gasteiger partial charge in [-0.05, 0) is 69.0 Å². The van der Waals surface area contributed by atoms with E-state index in [2.05, 4.69) is 22.2 Å². The van der Waals surface area contributed by atoms with E-state index in [1.54, 1.807) is 0 Å². The number of carbonyl (C=O) groups is 1. The third-order valence-electron chi connectivity index (χ3n) is 8.08. The zero-order valence-corrected chi connectivity index (χ0v) is 21.5. The normalized spacial score (nSPS) is 24.7. The molecule has 2 aliphatic rings. The molecule has 10 heteroatoms. The van der Waals surface area contributed by atoms with E-state index in [0.717, 1.165) is 44.6 Å². The third-order valence-corrected chi connectivity index (χ3v) is 8.08. The number of carbonyl (C=O) groups excluding carboxylic acids is 1. The number of amides is 1. The van der Waals surface area contributed by atoms with Gasteiger partial charge >= 0.3 is 12.4 Å². The quantitative estimate of drug-likeness (QED) is 0.470. The van der Waals surface area contributed by atoms with Crippen molar-refractivity contribution in [3.8, 4) is 0 Å². The number of hydrogen-bond donors (Lipinski definition) is 1. The van der Waals surface area contributed by atoms with E-state index < -0.39 is 34.9 Å². The molecule has 1 heterocycles. The van der Waals surface area contributed by atoms with Gasteiger partial charge in [-0.2, -0.15) is 26.3 Å². The van der Waals surface area contributed by atoms with Crippen molar-refractivity contribution in [2.45, 2.75) is 62.5 Å². The fourth-order valence-corrected chi connectivity index (χ4v) is 5.70. The third kappa shape index (κ3) is 6.17. The van der Waals surface area contributed by atoms with Crippen LogP contribution in [0.25, 0.3) is 0 Å². The number of rotatable bonds is 5. The maximum absolute atomic E-state index is 13.8. The molecule has 0 aromatic heterocycles. The fourth-order valence-electron chi connectivity index (χ4n) is 5.70. The van der Waals surface area contributed by atoms with Gasteiger partial charge in [0.1, 0.15) is 0 Å². The Morgan fingerprint density at radius 2 is 1.42 bits per heavy atom. The van der Waals surface area contributed by atoms with Gasteiger partial charge in [-0.15, -0.1) is 0 Å². The summed E-state index contributed by atoms with van der Waals surface area (Å²) >= 11 is 0. The molecule has 1 aliphatic heterocycles. The van der Waals surface area contributed by atoms with Crippen molar-refractivity contribution in [2.75, 3.05) is 33.2 Å². The molecule has 0 bridgehead atoms. The Morgan fingerprint density at radius 1 is 0.895 bits per heavy atom. The largest absolute Gasteiger partial charge is 0.416 e. The Kier molecular flexibility index (Phi) is 8.14. The SMILES string of the molecule is CC(NC(=O)C1(c2ccccc2)CCC(N2CCN(C)CC2)CC1)c1cc(C(F)(F)F)cc(C(F)(F)F)c1. The van der Waals surface area contributed by atoms with Crippen LogP contribution in [0.15, 0.2) is 48.5 Å². The lowest BCUT2D eigenvalue weighted by atomic mass is 9.67. The first-order valence-corrected chi connectivity index (χ1v) is 12.9. The number of likely N-dealkylation sites (N-methyl/N-ethyl adjacent to an activating group) is 1. The van der Waals surface area contributed by atoms with Crippen LogP contribution in [0.1, 0.15) is 60.9 Å². The van der Waals surface area contributed by atoms with Gasteiger partial charge < -0.3 is 10.2 Å². The van der Waals surface area contributed by atoms with Gasteiger partial charge in [0.2, 0.25) is 5.91 Å². The van der Waals surface area contributed by atoms with Crippen molar-refractivity contribution >= 4 is 5.91 Å². The lowest BCUT2D eigenvalue weighted by Gasteiger charge is -2.45. The van der Waals surface area contributed by atoms with Crippen LogP contribution in [0, 0.1) is 0 Å². The van der Waals surface area contributed by atoms with Crippen LogP contribution >= 0.6 is 0 Å². The molecular formula is C28H33F6N3O. The Morgan fingerprint density at radius 3 is 1.92 bits per heavy atom. The molecular weight excluding hydrogens is 508 g/mol. The topological polar surface area (TPSA) is 35.6 Å². The van der Waals surface area contributed by atoms with Crippen LogP contribution in [0.3, 0.4) is 0 Å². The molecule has 208 valence electrons. The first-order chi connectivity index (χ1) is 17.8. The minimum atomic E-state index is -4.95. The molecule has 1 saturated heterocycles. The second-order valence-electron chi connectivity index (χ2n) is 10.6. The number of hydrogen-bond acceptors (Lipinski definition) is 3. The monoisotopic (exact) mass is 541 g/mol. The molecule has 38 heavy (non-hydrogen) atoms. The van der Waals surface area contributed by atoms with Crippen molar-refractivity contribution in [1.82, 2.24) is 15.1 Å². The van der Waals surface area contributed by atoms with E-state index in [1.165, 1.54) is 6.92 Å². The number of benzene rings is 2. The molecule has 1 saturated carbocycles. The Labute approximate surface area is 219 Å². The van der Waals surface area contributed by atoms with E-state index >= 15 is 0 Å². The minimum absolute atomic E-state index is 0.100. The minimum Gasteiger partial charge on any atom is -0.349 e. The van der Waals surface area contributed by atoms with Gasteiger partial charge in [0.25, 0.3) is 0 Å². The van der Waals surface area contributed by atoms with Gasteiger partial charge in [0.05, 0.1) is 22.6 Å². The van der Waals surface area contributed by atoms with Crippen LogP contribution < -0.4 is 5.32 Å². The highest BCUT2D eigenvalue weighted by molar-refractivity contribution is 5.88. The summed E-state index contributed by atoms with van der Waals surface area (Å²) in [6.45, 7) is 5.30. The number of halogens is 6. The molecule has 4 nitrogen and oxygen atoms in total. The average Bonchev–Trinajstić information content (AvgIpc) is 2.88. The summed E-state index contributed by atoms with van der Waals surface area (Å²) in [4.78, 5) is 18.6. The van der Waals surface area contributed by atoms with E-state index in [4.69, 9.17) is 0 Å². The second-order valence-corrected chi connectivity index (χ2v) is 10.6. The lowest BCUT2D eigenvalue weighted by molar-refractivity contribution is -0.143. The van der Waals surface area contributed by atoms with Crippen LogP contribution in [0.5, 0.6) is 0 Å². The highest BCUT2D eigenvalue weighted by atomic mass is 19.4. The maximum Gasteiger partial charge on any atom is 0.416 e. The van der Waals surface area contributed by atoms with Crippen LogP contribution in [0.2, 0.25) is 0 Å². The maximum atomic E-state index is 13.8. The van der Waals surface area contributed by atoms with Gasteiger partial charge in [-0.25, -0.2) is 0 Å². The van der Waals surface area contributed by atoms with E-state index in [9.17, 15) is 31.1 Å². The average molecular weight is 542 g/mol. The lowest BCUT2D eigenvalue weighted by Crippen LogP contribution is -2.53. The van der Waals surface area contributed by atoms with Gasteiger partial charge in [0, 0.05) is 32.2 Å². The molecule has 1 atom stereocenters. The molecule has 1 amide bonds. The summed E-state index contributed by atoms with van der Waals surface area (Å²) in [6, 6.07) is 9.99. The summed E-state index contributed by atoms with van der Waals surface area (Å²) in [7, 11) is 2.09. The van der Waals surface area contributed by atoms with E-state index in [1.807, 2.05) is 30.3 Å². The molecule has 2 fully saturated rings. The molecule has 1 aliphatic carbocycles. The van der Waals surface area contributed by atoms with Crippen molar-refractivity contribution in [2.24, 2.45) is 0 Å². The number of alkyl halides is 6. The van der Waals surface area contributed by atoms with Crippen LogP contribution in [-0.2, 0) is 22.6 Å². The van der Waals surface area contributed by atoms with Crippen molar-refractivity contribution in [3.63, 3.8) is 0 Å². The standard InChI is InChI=1S/C28H33F6N3O/c1-19(20-16-22(27(29,30)31)18-23(17-20)28(32,33)34)35-25(38)26(21-6-4-3-5-7-21)10-8-24(9-11-26)37-14-12-36(2)13-15-37/h3-7,16-19,24H,8-15H2,1-2H3,(H,35,38). The van der Waals surface area contributed by atoms with Gasteiger partial charge in [0.15, 0.2) is 0 Å². The number of nitrogens with one attached hydrogen (secondary N) is 1.